The summed E-state index contributed by atoms with van der Waals surface area (Å²) in [5, 5.41) is 3.31. The largest absolute Gasteiger partial charge is 0.324 e. The predicted octanol–water partition coefficient (Wildman–Crippen LogP) is 5.96. The molecule has 0 spiro atoms. The number of anilines is 2. The fourth-order valence-electron chi connectivity index (χ4n) is 4.46. The molecule has 0 radical (unpaired) electrons. The number of hydrogen-bond donors (Lipinski definition) is 1. The van der Waals surface area contributed by atoms with Crippen molar-refractivity contribution in [3.8, 4) is 11.3 Å². The highest BCUT2D eigenvalue weighted by Gasteiger charge is 2.28. The van der Waals surface area contributed by atoms with Gasteiger partial charge in [-0.3, -0.25) is 0 Å². The van der Waals surface area contributed by atoms with Gasteiger partial charge in [0.1, 0.15) is 0 Å². The van der Waals surface area contributed by atoms with E-state index < -0.39 is 11.6 Å². The molecule has 0 saturated heterocycles. The summed E-state index contributed by atoms with van der Waals surface area (Å²) in [5.41, 5.74) is 6.85. The van der Waals surface area contributed by atoms with Crippen LogP contribution in [0.4, 0.5) is 20.4 Å². The van der Waals surface area contributed by atoms with Crippen LogP contribution in [0.2, 0.25) is 0 Å². The van der Waals surface area contributed by atoms with Crippen LogP contribution >= 0.6 is 0 Å². The zero-order valence-corrected chi connectivity index (χ0v) is 19.2. The molecule has 0 bridgehead atoms. The van der Waals surface area contributed by atoms with Crippen LogP contribution in [0.1, 0.15) is 28.2 Å². The van der Waals surface area contributed by atoms with E-state index in [1.165, 1.54) is 17.7 Å². The molecule has 172 valence electrons. The zero-order chi connectivity index (χ0) is 23.7. The number of nitrogens with zero attached hydrogens (tertiary/aromatic N) is 3. The maximum atomic E-state index is 14.0. The van der Waals surface area contributed by atoms with E-state index in [-0.39, 0.29) is 5.92 Å². The van der Waals surface area contributed by atoms with Crippen molar-refractivity contribution in [2.75, 3.05) is 26.0 Å². The average Bonchev–Trinajstić information content (AvgIpc) is 2.85. The van der Waals surface area contributed by atoms with Gasteiger partial charge in [0.25, 0.3) is 0 Å². The topological polar surface area (TPSA) is 41.0 Å². The van der Waals surface area contributed by atoms with Gasteiger partial charge in [0.15, 0.2) is 11.6 Å². The highest BCUT2D eigenvalue weighted by Crippen LogP contribution is 2.42. The van der Waals surface area contributed by atoms with E-state index in [4.69, 9.17) is 4.98 Å². The number of fused-ring (bicyclic) bond motifs is 3. The lowest BCUT2D eigenvalue weighted by atomic mass is 9.78. The standard InChI is InChI=1S/C28H26F2N4/c1-34(2)14-13-18-7-10-21(11-8-18)32-28-31-17-20-15-24(19-9-12-25(29)26(30)16-19)22-5-3-4-6-23(22)27(20)33-28/h3-12,16-17,24H,13-15H2,1-2H3,(H,31,32,33). The highest BCUT2D eigenvalue weighted by molar-refractivity contribution is 5.73. The van der Waals surface area contributed by atoms with Crippen LogP contribution in [0.5, 0.6) is 0 Å². The first-order valence-electron chi connectivity index (χ1n) is 11.4. The third-order valence-corrected chi connectivity index (χ3v) is 6.28. The molecular formula is C28H26F2N4. The second kappa shape index (κ2) is 9.31. The number of halogens is 2. The van der Waals surface area contributed by atoms with Gasteiger partial charge in [-0.05, 0) is 73.5 Å². The van der Waals surface area contributed by atoms with E-state index in [1.807, 2.05) is 42.6 Å². The summed E-state index contributed by atoms with van der Waals surface area (Å²) in [7, 11) is 4.14. The number of hydrogen-bond acceptors (Lipinski definition) is 4. The van der Waals surface area contributed by atoms with Gasteiger partial charge in [0, 0.05) is 29.9 Å². The molecule has 5 rings (SSSR count). The van der Waals surface area contributed by atoms with E-state index in [0.717, 1.165) is 46.6 Å². The van der Waals surface area contributed by atoms with Crippen LogP contribution in [0, 0.1) is 11.6 Å². The van der Waals surface area contributed by atoms with Gasteiger partial charge in [0.2, 0.25) is 5.95 Å². The summed E-state index contributed by atoms with van der Waals surface area (Å²) in [6, 6.07) is 20.5. The molecule has 0 saturated carbocycles. The Balaban J connectivity index is 1.42. The van der Waals surface area contributed by atoms with E-state index in [9.17, 15) is 8.78 Å². The number of aromatic nitrogens is 2. The van der Waals surface area contributed by atoms with E-state index in [0.29, 0.717) is 12.4 Å². The molecule has 1 N–H and O–H groups in total. The summed E-state index contributed by atoms with van der Waals surface area (Å²) < 4.78 is 27.5. The first kappa shape index (κ1) is 22.2. The molecule has 1 aromatic heterocycles. The van der Waals surface area contributed by atoms with Crippen molar-refractivity contribution in [2.24, 2.45) is 0 Å². The Morgan fingerprint density at radius 3 is 2.53 bits per heavy atom. The molecule has 3 aromatic carbocycles. The van der Waals surface area contributed by atoms with Crippen molar-refractivity contribution in [1.82, 2.24) is 14.9 Å². The molecule has 1 unspecified atom stereocenters. The first-order chi connectivity index (χ1) is 16.5. The third-order valence-electron chi connectivity index (χ3n) is 6.28. The second-order valence-electron chi connectivity index (χ2n) is 8.96. The van der Waals surface area contributed by atoms with Crippen molar-refractivity contribution in [3.05, 3.63) is 107 Å². The number of rotatable bonds is 6. The Morgan fingerprint density at radius 1 is 0.971 bits per heavy atom. The van der Waals surface area contributed by atoms with Crippen LogP contribution in [0.3, 0.4) is 0 Å². The minimum absolute atomic E-state index is 0.0871. The smallest absolute Gasteiger partial charge is 0.227 e. The van der Waals surface area contributed by atoms with Crippen LogP contribution in [0.15, 0.2) is 72.9 Å². The Labute approximate surface area is 198 Å². The minimum atomic E-state index is -0.835. The van der Waals surface area contributed by atoms with Crippen LogP contribution in [0.25, 0.3) is 11.3 Å². The summed E-state index contributed by atoms with van der Waals surface area (Å²) in [6.07, 6.45) is 3.45. The SMILES string of the molecule is CN(C)CCc1ccc(Nc2ncc3c(n2)-c2ccccc2C(c2ccc(F)c(F)c2)C3)cc1. The molecule has 0 aliphatic heterocycles. The molecular weight excluding hydrogens is 430 g/mol. The average molecular weight is 457 g/mol. The molecule has 1 aliphatic carbocycles. The monoisotopic (exact) mass is 456 g/mol. The van der Waals surface area contributed by atoms with Crippen LogP contribution in [-0.2, 0) is 12.8 Å². The molecule has 1 heterocycles. The van der Waals surface area contributed by atoms with Gasteiger partial charge in [-0.1, -0.05) is 42.5 Å². The van der Waals surface area contributed by atoms with Crippen molar-refractivity contribution >= 4 is 11.6 Å². The first-order valence-corrected chi connectivity index (χ1v) is 11.4. The van der Waals surface area contributed by atoms with Gasteiger partial charge < -0.3 is 10.2 Å². The molecule has 1 aliphatic rings. The van der Waals surface area contributed by atoms with Crippen molar-refractivity contribution < 1.29 is 8.78 Å². The second-order valence-corrected chi connectivity index (χ2v) is 8.96. The summed E-state index contributed by atoms with van der Waals surface area (Å²) in [4.78, 5) is 11.5. The molecule has 4 aromatic rings. The Bertz CT molecular complexity index is 1320. The quantitative estimate of drug-likeness (QED) is 0.389. The van der Waals surface area contributed by atoms with E-state index in [1.54, 1.807) is 6.07 Å². The van der Waals surface area contributed by atoms with Crippen LogP contribution < -0.4 is 5.32 Å². The number of likely N-dealkylation sites (N-methyl/N-ethyl adjacent to an activating group) is 1. The number of benzene rings is 3. The lowest BCUT2D eigenvalue weighted by Crippen LogP contribution is -2.15. The van der Waals surface area contributed by atoms with Crippen molar-refractivity contribution in [3.63, 3.8) is 0 Å². The number of nitrogens with one attached hydrogen (secondary N) is 1. The molecule has 4 nitrogen and oxygen atoms in total. The summed E-state index contributed by atoms with van der Waals surface area (Å²) >= 11 is 0. The maximum Gasteiger partial charge on any atom is 0.227 e. The zero-order valence-electron chi connectivity index (χ0n) is 19.2. The van der Waals surface area contributed by atoms with E-state index >= 15 is 0 Å². The fraction of sp³-hybridized carbons (Fsp3) is 0.214. The molecule has 0 fully saturated rings. The summed E-state index contributed by atoms with van der Waals surface area (Å²) in [6.45, 7) is 1.01. The van der Waals surface area contributed by atoms with Gasteiger partial charge >= 0.3 is 0 Å². The van der Waals surface area contributed by atoms with Gasteiger partial charge in [-0.25, -0.2) is 18.7 Å². The Morgan fingerprint density at radius 2 is 1.76 bits per heavy atom. The summed E-state index contributed by atoms with van der Waals surface area (Å²) in [5.74, 6) is -1.22. The van der Waals surface area contributed by atoms with Gasteiger partial charge in [0.05, 0.1) is 5.69 Å². The molecule has 34 heavy (non-hydrogen) atoms. The maximum absolute atomic E-state index is 14.0. The fourth-order valence-corrected chi connectivity index (χ4v) is 4.46. The third kappa shape index (κ3) is 4.54. The highest BCUT2D eigenvalue weighted by atomic mass is 19.2. The lowest BCUT2D eigenvalue weighted by molar-refractivity contribution is 0.413. The molecule has 1 atom stereocenters. The predicted molar refractivity (Wildman–Crippen MR) is 131 cm³/mol. The van der Waals surface area contributed by atoms with Gasteiger partial charge in [-0.2, -0.15) is 0 Å². The van der Waals surface area contributed by atoms with E-state index in [2.05, 4.69) is 41.4 Å². The van der Waals surface area contributed by atoms with Gasteiger partial charge in [-0.15, -0.1) is 0 Å². The van der Waals surface area contributed by atoms with Crippen molar-refractivity contribution in [2.45, 2.75) is 18.8 Å². The minimum Gasteiger partial charge on any atom is -0.324 e. The van der Waals surface area contributed by atoms with Crippen molar-refractivity contribution in [1.29, 1.82) is 0 Å². The lowest BCUT2D eigenvalue weighted by Gasteiger charge is -2.27. The molecule has 0 amide bonds. The normalized spacial score (nSPS) is 14.6. The Kier molecular flexibility index (Phi) is 6.07. The molecule has 6 heteroatoms. The Hall–Kier alpha value is -3.64. The van der Waals surface area contributed by atoms with Crippen LogP contribution in [-0.4, -0.2) is 35.5 Å².